The number of hydrogen-bond acceptors (Lipinski definition) is 2. The summed E-state index contributed by atoms with van der Waals surface area (Å²) in [4.78, 5) is 2.45. The van der Waals surface area contributed by atoms with Crippen LogP contribution >= 0.6 is 0 Å². The van der Waals surface area contributed by atoms with Crippen LogP contribution in [0, 0.1) is 0 Å². The molecule has 2 nitrogen and oxygen atoms in total. The van der Waals surface area contributed by atoms with E-state index in [0.29, 0.717) is 6.04 Å². The molecule has 2 aliphatic rings. The zero-order chi connectivity index (χ0) is 8.39. The Kier molecular flexibility index (Phi) is 2.35. The number of nitrogens with one attached hydrogen (secondary N) is 1. The quantitative estimate of drug-likeness (QED) is 0.666. The van der Waals surface area contributed by atoms with E-state index in [1.165, 1.54) is 51.0 Å². The van der Waals surface area contributed by atoms with Gasteiger partial charge in [0.15, 0.2) is 0 Å². The summed E-state index contributed by atoms with van der Waals surface area (Å²) in [6.07, 6.45) is 5.31. The van der Waals surface area contributed by atoms with Gasteiger partial charge in [0.05, 0.1) is 0 Å². The summed E-state index contributed by atoms with van der Waals surface area (Å²) in [7, 11) is 0. The maximum absolute atomic E-state index is 4.18. The van der Waals surface area contributed by atoms with Crippen LogP contribution in [0.3, 0.4) is 0 Å². The third-order valence-corrected chi connectivity index (χ3v) is 2.97. The number of hydrogen-bond donors (Lipinski definition) is 1. The SMILES string of the molecule is C=C(C1CCCN1)N1CCCC1. The Balaban J connectivity index is 1.89. The number of rotatable bonds is 2. The third-order valence-electron chi connectivity index (χ3n) is 2.97. The standard InChI is InChI=1S/C10H18N2/c1-9(10-5-4-6-11-10)12-7-2-3-8-12/h10-11H,1-8H2. The molecule has 0 spiro atoms. The molecular weight excluding hydrogens is 148 g/mol. The van der Waals surface area contributed by atoms with E-state index in [2.05, 4.69) is 16.8 Å². The van der Waals surface area contributed by atoms with Crippen LogP contribution in [0.15, 0.2) is 12.3 Å². The van der Waals surface area contributed by atoms with Gasteiger partial charge in [0, 0.05) is 24.8 Å². The first-order valence-electron chi connectivity index (χ1n) is 5.05. The topological polar surface area (TPSA) is 15.3 Å². The lowest BCUT2D eigenvalue weighted by atomic mass is 10.1. The lowest BCUT2D eigenvalue weighted by molar-refractivity contribution is 0.384. The summed E-state index contributed by atoms with van der Waals surface area (Å²) in [6, 6.07) is 0.586. The van der Waals surface area contributed by atoms with Gasteiger partial charge in [-0.15, -0.1) is 0 Å². The number of likely N-dealkylation sites (tertiary alicyclic amines) is 1. The molecule has 1 N–H and O–H groups in total. The van der Waals surface area contributed by atoms with E-state index in [4.69, 9.17) is 0 Å². The van der Waals surface area contributed by atoms with Crippen LogP contribution < -0.4 is 5.32 Å². The van der Waals surface area contributed by atoms with Crippen molar-refractivity contribution in [1.29, 1.82) is 0 Å². The minimum atomic E-state index is 0.586. The lowest BCUT2D eigenvalue weighted by Crippen LogP contribution is -2.32. The summed E-state index contributed by atoms with van der Waals surface area (Å²) >= 11 is 0. The molecule has 2 heterocycles. The molecule has 0 amide bonds. The van der Waals surface area contributed by atoms with Crippen molar-refractivity contribution in [3.05, 3.63) is 12.3 Å². The van der Waals surface area contributed by atoms with Gasteiger partial charge in [0.2, 0.25) is 0 Å². The van der Waals surface area contributed by atoms with Gasteiger partial charge in [-0.3, -0.25) is 0 Å². The van der Waals surface area contributed by atoms with Crippen molar-refractivity contribution in [3.8, 4) is 0 Å². The normalized spacial score (nSPS) is 29.7. The van der Waals surface area contributed by atoms with Crippen LogP contribution in [-0.2, 0) is 0 Å². The first-order chi connectivity index (χ1) is 5.88. The van der Waals surface area contributed by atoms with E-state index in [0.717, 1.165) is 0 Å². The van der Waals surface area contributed by atoms with Gasteiger partial charge in [0.1, 0.15) is 0 Å². The van der Waals surface area contributed by atoms with Crippen molar-refractivity contribution in [1.82, 2.24) is 10.2 Å². The van der Waals surface area contributed by atoms with Gasteiger partial charge in [-0.1, -0.05) is 6.58 Å². The summed E-state index contributed by atoms with van der Waals surface area (Å²) in [6.45, 7) is 7.83. The van der Waals surface area contributed by atoms with E-state index in [-0.39, 0.29) is 0 Å². The van der Waals surface area contributed by atoms with Crippen LogP contribution in [-0.4, -0.2) is 30.6 Å². The highest BCUT2D eigenvalue weighted by Crippen LogP contribution is 2.20. The summed E-state index contributed by atoms with van der Waals surface area (Å²) < 4.78 is 0. The molecule has 0 bridgehead atoms. The van der Waals surface area contributed by atoms with Gasteiger partial charge >= 0.3 is 0 Å². The molecule has 0 aliphatic carbocycles. The van der Waals surface area contributed by atoms with E-state index >= 15 is 0 Å². The molecule has 2 heteroatoms. The highest BCUT2D eigenvalue weighted by atomic mass is 15.2. The van der Waals surface area contributed by atoms with E-state index < -0.39 is 0 Å². The highest BCUT2D eigenvalue weighted by molar-refractivity contribution is 5.07. The molecule has 68 valence electrons. The molecule has 0 aromatic heterocycles. The monoisotopic (exact) mass is 166 g/mol. The van der Waals surface area contributed by atoms with Crippen LogP contribution in [0.2, 0.25) is 0 Å². The predicted octanol–water partition coefficient (Wildman–Crippen LogP) is 1.35. The van der Waals surface area contributed by atoms with Crippen LogP contribution in [0.1, 0.15) is 25.7 Å². The summed E-state index contributed by atoms with van der Waals surface area (Å²) in [5.74, 6) is 0. The minimum absolute atomic E-state index is 0.586. The Morgan fingerprint density at radius 2 is 2.00 bits per heavy atom. The van der Waals surface area contributed by atoms with Crippen LogP contribution in [0.5, 0.6) is 0 Å². The van der Waals surface area contributed by atoms with Gasteiger partial charge in [-0.25, -0.2) is 0 Å². The molecule has 2 aliphatic heterocycles. The lowest BCUT2D eigenvalue weighted by Gasteiger charge is -2.25. The third kappa shape index (κ3) is 1.48. The second kappa shape index (κ2) is 3.48. The molecule has 12 heavy (non-hydrogen) atoms. The average molecular weight is 166 g/mol. The first-order valence-corrected chi connectivity index (χ1v) is 5.05. The zero-order valence-corrected chi connectivity index (χ0v) is 7.68. The maximum Gasteiger partial charge on any atom is 0.0465 e. The van der Waals surface area contributed by atoms with E-state index in [9.17, 15) is 0 Å². The van der Waals surface area contributed by atoms with Crippen LogP contribution in [0.4, 0.5) is 0 Å². The maximum atomic E-state index is 4.18. The van der Waals surface area contributed by atoms with Crippen molar-refractivity contribution in [2.75, 3.05) is 19.6 Å². The molecule has 0 aromatic carbocycles. The van der Waals surface area contributed by atoms with Crippen LogP contribution in [0.25, 0.3) is 0 Å². The van der Waals surface area contributed by atoms with Crippen molar-refractivity contribution < 1.29 is 0 Å². The minimum Gasteiger partial charge on any atom is -0.374 e. The van der Waals surface area contributed by atoms with Gasteiger partial charge in [0.25, 0.3) is 0 Å². The fourth-order valence-electron chi connectivity index (χ4n) is 2.19. The highest BCUT2D eigenvalue weighted by Gasteiger charge is 2.22. The second-order valence-electron chi connectivity index (χ2n) is 3.83. The predicted molar refractivity (Wildman–Crippen MR) is 51.0 cm³/mol. The van der Waals surface area contributed by atoms with Gasteiger partial charge in [-0.2, -0.15) is 0 Å². The van der Waals surface area contributed by atoms with E-state index in [1.807, 2.05) is 0 Å². The second-order valence-corrected chi connectivity index (χ2v) is 3.83. The first kappa shape index (κ1) is 8.11. The molecule has 0 saturated carbocycles. The molecule has 2 saturated heterocycles. The van der Waals surface area contributed by atoms with Crippen molar-refractivity contribution in [3.63, 3.8) is 0 Å². The largest absolute Gasteiger partial charge is 0.374 e. The van der Waals surface area contributed by atoms with Crippen molar-refractivity contribution in [2.24, 2.45) is 0 Å². The van der Waals surface area contributed by atoms with Crippen molar-refractivity contribution >= 4 is 0 Å². The molecule has 1 atom stereocenters. The Labute approximate surface area is 74.6 Å². The van der Waals surface area contributed by atoms with Gasteiger partial charge in [-0.05, 0) is 32.2 Å². The van der Waals surface area contributed by atoms with Crippen molar-refractivity contribution in [2.45, 2.75) is 31.7 Å². The average Bonchev–Trinajstić information content (AvgIpc) is 2.77. The van der Waals surface area contributed by atoms with Gasteiger partial charge < -0.3 is 10.2 Å². The molecule has 2 rings (SSSR count). The smallest absolute Gasteiger partial charge is 0.0465 e. The fourth-order valence-corrected chi connectivity index (χ4v) is 2.19. The molecule has 2 fully saturated rings. The van der Waals surface area contributed by atoms with E-state index in [1.54, 1.807) is 0 Å². The molecule has 0 radical (unpaired) electrons. The number of nitrogens with zero attached hydrogens (tertiary/aromatic N) is 1. The zero-order valence-electron chi connectivity index (χ0n) is 7.68. The molecular formula is C10H18N2. The Morgan fingerprint density at radius 1 is 1.25 bits per heavy atom. The summed E-state index contributed by atoms with van der Waals surface area (Å²) in [5, 5.41) is 3.49. The Hall–Kier alpha value is -0.500. The molecule has 1 unspecified atom stereocenters. The Morgan fingerprint density at radius 3 is 2.58 bits per heavy atom. The molecule has 0 aromatic rings. The summed E-state index contributed by atoms with van der Waals surface area (Å²) in [5.41, 5.74) is 1.34. The fraction of sp³-hybridized carbons (Fsp3) is 0.800. The Bertz CT molecular complexity index is 147.